The van der Waals surface area contributed by atoms with E-state index in [9.17, 15) is 0 Å². The zero-order valence-corrected chi connectivity index (χ0v) is 6.68. The Balaban J connectivity index is 3.38. The van der Waals surface area contributed by atoms with Crippen LogP contribution >= 0.6 is 0 Å². The second kappa shape index (κ2) is 3.85. The summed E-state index contributed by atoms with van der Waals surface area (Å²) in [5.74, 6) is 0. The number of hydrogen-bond donors (Lipinski definition) is 2. The summed E-state index contributed by atoms with van der Waals surface area (Å²) >= 11 is 0. The molecule has 0 aromatic carbocycles. The third-order valence-corrected chi connectivity index (χ3v) is 1.32. The van der Waals surface area contributed by atoms with Crippen LogP contribution in [0.3, 0.4) is 0 Å². The highest BCUT2D eigenvalue weighted by Gasteiger charge is 2.07. The molecule has 0 heterocycles. The molecule has 2 heteroatoms. The van der Waals surface area contributed by atoms with Crippen molar-refractivity contribution >= 4 is 0 Å². The Morgan fingerprint density at radius 2 is 1.56 bits per heavy atom. The SMILES string of the molecule is CC(C)NC(C)[C@@H](C)O. The lowest BCUT2D eigenvalue weighted by molar-refractivity contribution is 0.148. The van der Waals surface area contributed by atoms with E-state index < -0.39 is 0 Å². The first kappa shape index (κ1) is 8.92. The zero-order valence-electron chi connectivity index (χ0n) is 6.68. The molecule has 2 atom stereocenters. The summed E-state index contributed by atoms with van der Waals surface area (Å²) in [6.45, 7) is 7.91. The van der Waals surface area contributed by atoms with E-state index in [1.807, 2.05) is 6.92 Å². The molecule has 0 spiro atoms. The first-order chi connectivity index (χ1) is 4.04. The lowest BCUT2D eigenvalue weighted by Gasteiger charge is -2.18. The monoisotopic (exact) mass is 131 g/mol. The van der Waals surface area contributed by atoms with Crippen molar-refractivity contribution in [3.8, 4) is 0 Å². The van der Waals surface area contributed by atoms with Crippen molar-refractivity contribution in [2.45, 2.75) is 45.9 Å². The van der Waals surface area contributed by atoms with E-state index in [1.165, 1.54) is 0 Å². The third-order valence-electron chi connectivity index (χ3n) is 1.32. The molecule has 2 nitrogen and oxygen atoms in total. The van der Waals surface area contributed by atoms with E-state index in [-0.39, 0.29) is 12.1 Å². The normalized spacial score (nSPS) is 18.0. The highest BCUT2D eigenvalue weighted by Crippen LogP contribution is 1.91. The first-order valence-electron chi connectivity index (χ1n) is 3.48. The van der Waals surface area contributed by atoms with Gasteiger partial charge in [-0.15, -0.1) is 0 Å². The van der Waals surface area contributed by atoms with Crippen LogP contribution in [0.2, 0.25) is 0 Å². The van der Waals surface area contributed by atoms with E-state index in [2.05, 4.69) is 19.2 Å². The van der Waals surface area contributed by atoms with Gasteiger partial charge < -0.3 is 10.4 Å². The van der Waals surface area contributed by atoms with Gasteiger partial charge in [-0.2, -0.15) is 0 Å². The van der Waals surface area contributed by atoms with Gasteiger partial charge in [0, 0.05) is 12.1 Å². The average Bonchev–Trinajstić information content (AvgIpc) is 1.63. The molecule has 2 N–H and O–H groups in total. The Kier molecular flexibility index (Phi) is 3.82. The van der Waals surface area contributed by atoms with Gasteiger partial charge in [0.25, 0.3) is 0 Å². The Bertz CT molecular complexity index is 71.3. The molecule has 0 aliphatic carbocycles. The van der Waals surface area contributed by atoms with E-state index in [1.54, 1.807) is 6.92 Å². The van der Waals surface area contributed by atoms with Crippen LogP contribution in [-0.2, 0) is 0 Å². The smallest absolute Gasteiger partial charge is 0.0662 e. The van der Waals surface area contributed by atoms with Crippen LogP contribution in [0.25, 0.3) is 0 Å². The maximum atomic E-state index is 9.01. The molecule has 0 fully saturated rings. The molecule has 9 heavy (non-hydrogen) atoms. The summed E-state index contributed by atoms with van der Waals surface area (Å²) in [7, 11) is 0. The van der Waals surface area contributed by atoms with Gasteiger partial charge in [-0.25, -0.2) is 0 Å². The maximum Gasteiger partial charge on any atom is 0.0662 e. The molecule has 0 amide bonds. The van der Waals surface area contributed by atoms with E-state index in [0.717, 1.165) is 0 Å². The molecule has 0 saturated heterocycles. The number of aliphatic hydroxyl groups is 1. The second-order valence-electron chi connectivity index (χ2n) is 2.85. The molecule has 1 unspecified atom stereocenters. The minimum absolute atomic E-state index is 0.199. The van der Waals surface area contributed by atoms with Gasteiger partial charge in [0.15, 0.2) is 0 Å². The molecule has 0 aromatic rings. The number of nitrogens with one attached hydrogen (secondary N) is 1. The molecule has 0 aliphatic heterocycles. The average molecular weight is 131 g/mol. The van der Waals surface area contributed by atoms with Gasteiger partial charge in [-0.3, -0.25) is 0 Å². The molecule has 0 saturated carbocycles. The lowest BCUT2D eigenvalue weighted by atomic mass is 10.2. The van der Waals surface area contributed by atoms with Gasteiger partial charge in [0.2, 0.25) is 0 Å². The molecule has 0 bridgehead atoms. The summed E-state index contributed by atoms with van der Waals surface area (Å²) < 4.78 is 0. The predicted molar refractivity (Wildman–Crippen MR) is 39.4 cm³/mol. The van der Waals surface area contributed by atoms with Crippen LogP contribution in [0.4, 0.5) is 0 Å². The fourth-order valence-electron chi connectivity index (χ4n) is 0.665. The molecule has 0 radical (unpaired) electrons. The zero-order chi connectivity index (χ0) is 7.44. The van der Waals surface area contributed by atoms with Gasteiger partial charge in [0.1, 0.15) is 0 Å². The van der Waals surface area contributed by atoms with E-state index >= 15 is 0 Å². The Hall–Kier alpha value is -0.0800. The lowest BCUT2D eigenvalue weighted by Crippen LogP contribution is -2.39. The van der Waals surface area contributed by atoms with Crippen LogP contribution < -0.4 is 5.32 Å². The maximum absolute atomic E-state index is 9.01. The van der Waals surface area contributed by atoms with Crippen molar-refractivity contribution < 1.29 is 5.11 Å². The predicted octanol–water partition coefficient (Wildman–Crippen LogP) is 0.754. The van der Waals surface area contributed by atoms with Crippen molar-refractivity contribution in [1.82, 2.24) is 5.32 Å². The summed E-state index contributed by atoms with van der Waals surface area (Å²) in [6, 6.07) is 0.652. The first-order valence-corrected chi connectivity index (χ1v) is 3.48. The van der Waals surface area contributed by atoms with Crippen LogP contribution in [0, 0.1) is 0 Å². The summed E-state index contributed by atoms with van der Waals surface area (Å²) in [6.07, 6.45) is -0.257. The molecule has 0 aliphatic rings. The largest absolute Gasteiger partial charge is 0.392 e. The van der Waals surface area contributed by atoms with Gasteiger partial charge in [-0.05, 0) is 13.8 Å². The second-order valence-corrected chi connectivity index (χ2v) is 2.85. The molecular weight excluding hydrogens is 114 g/mol. The minimum atomic E-state index is -0.257. The molecule has 0 aromatic heterocycles. The fourth-order valence-corrected chi connectivity index (χ4v) is 0.665. The quantitative estimate of drug-likeness (QED) is 0.592. The summed E-state index contributed by atoms with van der Waals surface area (Å²) in [5.41, 5.74) is 0. The van der Waals surface area contributed by atoms with Crippen molar-refractivity contribution in [3.05, 3.63) is 0 Å². The van der Waals surface area contributed by atoms with Crippen molar-refractivity contribution in [3.63, 3.8) is 0 Å². The fraction of sp³-hybridized carbons (Fsp3) is 1.00. The number of rotatable bonds is 3. The van der Waals surface area contributed by atoms with Crippen molar-refractivity contribution in [2.75, 3.05) is 0 Å². The third kappa shape index (κ3) is 4.43. The summed E-state index contributed by atoms with van der Waals surface area (Å²) in [5, 5.41) is 12.2. The topological polar surface area (TPSA) is 32.3 Å². The molecule has 56 valence electrons. The van der Waals surface area contributed by atoms with Gasteiger partial charge in [-0.1, -0.05) is 13.8 Å². The van der Waals surface area contributed by atoms with Crippen LogP contribution in [0.15, 0.2) is 0 Å². The van der Waals surface area contributed by atoms with Crippen molar-refractivity contribution in [1.29, 1.82) is 0 Å². The van der Waals surface area contributed by atoms with E-state index in [0.29, 0.717) is 6.04 Å². The Labute approximate surface area is 57.3 Å². The van der Waals surface area contributed by atoms with Gasteiger partial charge >= 0.3 is 0 Å². The van der Waals surface area contributed by atoms with E-state index in [4.69, 9.17) is 5.11 Å². The highest BCUT2D eigenvalue weighted by molar-refractivity contribution is 4.68. The molecular formula is C7H17NO. The van der Waals surface area contributed by atoms with Gasteiger partial charge in [0.05, 0.1) is 6.10 Å². The Morgan fingerprint density at radius 3 is 1.67 bits per heavy atom. The number of aliphatic hydroxyl groups excluding tert-OH is 1. The van der Waals surface area contributed by atoms with Crippen molar-refractivity contribution in [2.24, 2.45) is 0 Å². The number of hydrogen-bond acceptors (Lipinski definition) is 2. The van der Waals surface area contributed by atoms with Crippen LogP contribution in [0.5, 0.6) is 0 Å². The summed E-state index contributed by atoms with van der Waals surface area (Å²) in [4.78, 5) is 0. The standard InChI is InChI=1S/C7H17NO/c1-5(2)8-6(3)7(4)9/h5-9H,1-4H3/t6?,7-/m1/s1. The molecule has 0 rings (SSSR count). The van der Waals surface area contributed by atoms with Crippen LogP contribution in [-0.4, -0.2) is 23.3 Å². The van der Waals surface area contributed by atoms with Crippen LogP contribution in [0.1, 0.15) is 27.7 Å². The Morgan fingerprint density at radius 1 is 1.11 bits per heavy atom. The highest BCUT2D eigenvalue weighted by atomic mass is 16.3. The minimum Gasteiger partial charge on any atom is -0.392 e.